The molecule has 0 heterocycles. The molecule has 0 amide bonds. The first-order valence-corrected chi connectivity index (χ1v) is 6.55. The predicted octanol–water partition coefficient (Wildman–Crippen LogP) is 5.77. The maximum absolute atomic E-state index is 4.06. The van der Waals surface area contributed by atoms with Crippen LogP contribution >= 0.6 is 0 Å². The number of hydrogen-bond donors (Lipinski definition) is 0. The van der Waals surface area contributed by atoms with Crippen LogP contribution in [-0.2, 0) is 0 Å². The third-order valence-corrected chi connectivity index (χ3v) is 2.50. The van der Waals surface area contributed by atoms with E-state index in [2.05, 4.69) is 40.0 Å². The first-order valence-electron chi connectivity index (χ1n) is 6.55. The van der Waals surface area contributed by atoms with E-state index in [1.165, 1.54) is 24.8 Å². The van der Waals surface area contributed by atoms with Crippen LogP contribution in [0.5, 0.6) is 0 Å². The van der Waals surface area contributed by atoms with E-state index in [-0.39, 0.29) is 0 Å². The second-order valence-corrected chi connectivity index (χ2v) is 4.40. The molecule has 0 radical (unpaired) electrons. The van der Waals surface area contributed by atoms with Gasteiger partial charge in [0, 0.05) is 0 Å². The fourth-order valence-electron chi connectivity index (χ4n) is 1.37. The third-order valence-electron chi connectivity index (χ3n) is 2.50. The molecule has 0 saturated carbocycles. The van der Waals surface area contributed by atoms with Crippen LogP contribution < -0.4 is 0 Å². The lowest BCUT2D eigenvalue weighted by molar-refractivity contribution is 0.495. The van der Waals surface area contributed by atoms with E-state index >= 15 is 0 Å². The Kier molecular flexibility index (Phi) is 13.5. The Morgan fingerprint density at radius 3 is 2.12 bits per heavy atom. The van der Waals surface area contributed by atoms with Crippen LogP contribution in [0.15, 0.2) is 37.0 Å². The van der Waals surface area contributed by atoms with Gasteiger partial charge in [0.05, 0.1) is 0 Å². The van der Waals surface area contributed by atoms with Crippen LogP contribution in [0.1, 0.15) is 53.9 Å². The summed E-state index contributed by atoms with van der Waals surface area (Å²) < 4.78 is 0. The number of allylic oxidation sites excluding steroid dienone is 4. The summed E-state index contributed by atoms with van der Waals surface area (Å²) in [5.41, 5.74) is 1.22. The Balaban J connectivity index is 0. The standard InChI is InChI=1S/C14H24.C2H6/c1-6-7-10-13(4)14(5)11-8-9-12(2)3;1-2/h6-7,10,12,14H,1,4,8-9,11H2,2-3,5H3;1-2H3/b10-7-;. The van der Waals surface area contributed by atoms with Crippen molar-refractivity contribution in [2.75, 3.05) is 0 Å². The van der Waals surface area contributed by atoms with Gasteiger partial charge in [-0.15, -0.1) is 0 Å². The molecule has 1 atom stereocenters. The summed E-state index contributed by atoms with van der Waals surface area (Å²) in [4.78, 5) is 0. The summed E-state index contributed by atoms with van der Waals surface area (Å²) in [6.07, 6.45) is 9.70. The molecule has 0 aliphatic heterocycles. The zero-order valence-electron chi connectivity index (χ0n) is 11.9. The minimum absolute atomic E-state index is 0.602. The molecule has 0 aromatic heterocycles. The Morgan fingerprint density at radius 2 is 1.69 bits per heavy atom. The molecule has 0 heteroatoms. The van der Waals surface area contributed by atoms with E-state index in [1.807, 2.05) is 19.9 Å². The van der Waals surface area contributed by atoms with Crippen molar-refractivity contribution >= 4 is 0 Å². The molecule has 94 valence electrons. The summed E-state index contributed by atoms with van der Waals surface area (Å²) in [7, 11) is 0. The average molecular weight is 222 g/mol. The van der Waals surface area contributed by atoms with E-state index < -0.39 is 0 Å². The van der Waals surface area contributed by atoms with Crippen LogP contribution in [0.4, 0.5) is 0 Å². The van der Waals surface area contributed by atoms with Gasteiger partial charge in [0.1, 0.15) is 0 Å². The van der Waals surface area contributed by atoms with Crippen molar-refractivity contribution in [3.05, 3.63) is 37.0 Å². The maximum atomic E-state index is 4.06. The molecule has 0 aromatic carbocycles. The lowest BCUT2D eigenvalue weighted by Crippen LogP contribution is -1.97. The van der Waals surface area contributed by atoms with Gasteiger partial charge < -0.3 is 0 Å². The van der Waals surface area contributed by atoms with Gasteiger partial charge in [-0.05, 0) is 18.3 Å². The van der Waals surface area contributed by atoms with Crippen LogP contribution in [0.3, 0.4) is 0 Å². The van der Waals surface area contributed by atoms with Crippen LogP contribution in [0.2, 0.25) is 0 Å². The van der Waals surface area contributed by atoms with Crippen molar-refractivity contribution in [2.24, 2.45) is 11.8 Å². The van der Waals surface area contributed by atoms with E-state index in [4.69, 9.17) is 0 Å². The lowest BCUT2D eigenvalue weighted by Gasteiger charge is -2.12. The second kappa shape index (κ2) is 12.3. The Morgan fingerprint density at radius 1 is 1.12 bits per heavy atom. The molecule has 0 rings (SSSR count). The van der Waals surface area contributed by atoms with Crippen LogP contribution in [0, 0.1) is 11.8 Å². The SMILES string of the molecule is C=C/C=C\C(=C)C(C)CCCC(C)C.CC. The highest BCUT2D eigenvalue weighted by molar-refractivity contribution is 5.20. The summed E-state index contributed by atoms with van der Waals surface area (Å²) in [6.45, 7) is 18.5. The molecule has 0 aliphatic rings. The smallest absolute Gasteiger partial charge is 0.0196 e. The number of rotatable bonds is 7. The molecule has 0 N–H and O–H groups in total. The summed E-state index contributed by atoms with van der Waals surface area (Å²) >= 11 is 0. The molecule has 0 aromatic rings. The maximum Gasteiger partial charge on any atom is -0.0196 e. The largest absolute Gasteiger partial charge is 0.0991 e. The zero-order valence-corrected chi connectivity index (χ0v) is 11.9. The molecular formula is C16H30. The lowest BCUT2D eigenvalue weighted by atomic mass is 9.94. The van der Waals surface area contributed by atoms with Crippen molar-refractivity contribution < 1.29 is 0 Å². The first-order chi connectivity index (χ1) is 7.57. The molecule has 0 bridgehead atoms. The summed E-state index contributed by atoms with van der Waals surface area (Å²) in [6, 6.07) is 0. The molecular weight excluding hydrogens is 192 g/mol. The van der Waals surface area contributed by atoms with Crippen molar-refractivity contribution in [1.29, 1.82) is 0 Å². The zero-order chi connectivity index (χ0) is 13.0. The van der Waals surface area contributed by atoms with Gasteiger partial charge in [-0.25, -0.2) is 0 Å². The Bertz CT molecular complexity index is 196. The Labute approximate surface area is 103 Å². The van der Waals surface area contributed by atoms with Gasteiger partial charge in [0.15, 0.2) is 0 Å². The van der Waals surface area contributed by atoms with Gasteiger partial charge in [-0.1, -0.05) is 84.4 Å². The van der Waals surface area contributed by atoms with Crippen molar-refractivity contribution in [1.82, 2.24) is 0 Å². The normalized spacial score (nSPS) is 12.1. The minimum atomic E-state index is 0.602. The van der Waals surface area contributed by atoms with Crippen LogP contribution in [-0.4, -0.2) is 0 Å². The summed E-state index contributed by atoms with van der Waals surface area (Å²) in [5, 5.41) is 0. The van der Waals surface area contributed by atoms with E-state index in [0.29, 0.717) is 5.92 Å². The van der Waals surface area contributed by atoms with Gasteiger partial charge in [-0.2, -0.15) is 0 Å². The predicted molar refractivity (Wildman–Crippen MR) is 77.7 cm³/mol. The monoisotopic (exact) mass is 222 g/mol. The third kappa shape index (κ3) is 11.3. The topological polar surface area (TPSA) is 0 Å². The quantitative estimate of drug-likeness (QED) is 0.479. The minimum Gasteiger partial charge on any atom is -0.0991 e. The average Bonchev–Trinajstić information content (AvgIpc) is 2.27. The first kappa shape index (κ1) is 17.6. The molecule has 0 aliphatic carbocycles. The van der Waals surface area contributed by atoms with E-state index in [0.717, 1.165) is 5.92 Å². The highest BCUT2D eigenvalue weighted by Gasteiger charge is 2.04. The van der Waals surface area contributed by atoms with Crippen LogP contribution in [0.25, 0.3) is 0 Å². The number of hydrogen-bond acceptors (Lipinski definition) is 0. The molecule has 0 saturated heterocycles. The highest BCUT2D eigenvalue weighted by Crippen LogP contribution is 2.18. The fraction of sp³-hybridized carbons (Fsp3) is 0.625. The molecule has 0 nitrogen and oxygen atoms in total. The summed E-state index contributed by atoms with van der Waals surface area (Å²) in [5.74, 6) is 1.42. The van der Waals surface area contributed by atoms with Gasteiger partial charge in [0.2, 0.25) is 0 Å². The van der Waals surface area contributed by atoms with Crippen molar-refractivity contribution in [3.63, 3.8) is 0 Å². The molecule has 0 spiro atoms. The molecule has 1 unspecified atom stereocenters. The van der Waals surface area contributed by atoms with Gasteiger partial charge >= 0.3 is 0 Å². The molecule has 16 heavy (non-hydrogen) atoms. The van der Waals surface area contributed by atoms with E-state index in [9.17, 15) is 0 Å². The van der Waals surface area contributed by atoms with Crippen molar-refractivity contribution in [3.8, 4) is 0 Å². The highest BCUT2D eigenvalue weighted by atomic mass is 14.1. The van der Waals surface area contributed by atoms with Crippen molar-refractivity contribution in [2.45, 2.75) is 53.9 Å². The van der Waals surface area contributed by atoms with E-state index in [1.54, 1.807) is 6.08 Å². The van der Waals surface area contributed by atoms with Gasteiger partial charge in [-0.3, -0.25) is 0 Å². The molecule has 0 fully saturated rings. The fourth-order valence-corrected chi connectivity index (χ4v) is 1.37. The second-order valence-electron chi connectivity index (χ2n) is 4.40. The Hall–Kier alpha value is -0.780. The van der Waals surface area contributed by atoms with Gasteiger partial charge in [0.25, 0.3) is 0 Å².